The average molecular weight is 322 g/mol. The quantitative estimate of drug-likeness (QED) is 0.872. The third-order valence-corrected chi connectivity index (χ3v) is 2.39. The van der Waals surface area contributed by atoms with Crippen molar-refractivity contribution in [3.8, 4) is 0 Å². The lowest BCUT2D eigenvalue weighted by Crippen LogP contribution is -2.45. The van der Waals surface area contributed by atoms with Crippen molar-refractivity contribution < 1.29 is 4.79 Å². The first-order chi connectivity index (χ1) is 8.28. The molecule has 0 radical (unpaired) electrons. The van der Waals surface area contributed by atoms with Crippen LogP contribution in [0.5, 0.6) is 0 Å². The van der Waals surface area contributed by atoms with Crippen LogP contribution < -0.4 is 11.1 Å². The Morgan fingerprint density at radius 2 is 1.90 bits per heavy atom. The number of carbonyl (C=O) groups is 1. The molecule has 0 heterocycles. The summed E-state index contributed by atoms with van der Waals surface area (Å²) in [5.74, 6) is -0.0749. The van der Waals surface area contributed by atoms with Crippen molar-refractivity contribution in [2.45, 2.75) is 25.9 Å². The van der Waals surface area contributed by atoms with E-state index in [1.54, 1.807) is 0 Å². The highest BCUT2D eigenvalue weighted by molar-refractivity contribution is 5.94. The van der Waals surface area contributed by atoms with Gasteiger partial charge in [0.25, 0.3) is 5.91 Å². The molecule has 0 bridgehead atoms. The van der Waals surface area contributed by atoms with Gasteiger partial charge in [-0.25, -0.2) is 0 Å². The standard InChI is InChI=1S/C14H23N3O.2ClH/c1-14(2,15)10-16-13(18)12-7-5-6-11(8-12)9-17(3)4;;/h5-8H,9-10,15H2,1-4H3,(H,16,18);2*1H. The molecule has 1 aromatic rings. The fraction of sp³-hybridized carbons (Fsp3) is 0.500. The van der Waals surface area contributed by atoms with Crippen molar-refractivity contribution in [1.82, 2.24) is 10.2 Å². The fourth-order valence-electron chi connectivity index (χ4n) is 1.59. The third kappa shape index (κ3) is 8.38. The first-order valence-corrected chi connectivity index (χ1v) is 6.09. The summed E-state index contributed by atoms with van der Waals surface area (Å²) in [4.78, 5) is 14.0. The maximum atomic E-state index is 11.9. The van der Waals surface area contributed by atoms with E-state index in [0.717, 1.165) is 12.1 Å². The molecular weight excluding hydrogens is 297 g/mol. The Hall–Kier alpha value is -0.810. The van der Waals surface area contributed by atoms with Gasteiger partial charge in [-0.15, -0.1) is 24.8 Å². The molecule has 1 amide bonds. The smallest absolute Gasteiger partial charge is 0.251 e. The molecule has 1 rings (SSSR count). The third-order valence-electron chi connectivity index (χ3n) is 2.39. The summed E-state index contributed by atoms with van der Waals surface area (Å²) in [5, 5.41) is 2.84. The summed E-state index contributed by atoms with van der Waals surface area (Å²) in [6.07, 6.45) is 0. The Morgan fingerprint density at radius 3 is 2.40 bits per heavy atom. The van der Waals surface area contributed by atoms with Crippen molar-refractivity contribution in [3.05, 3.63) is 35.4 Å². The van der Waals surface area contributed by atoms with Crippen molar-refractivity contribution in [2.75, 3.05) is 20.6 Å². The number of hydrogen-bond acceptors (Lipinski definition) is 3. The van der Waals surface area contributed by atoms with Crippen LogP contribution in [0.3, 0.4) is 0 Å². The minimum absolute atomic E-state index is 0. The molecule has 0 unspecified atom stereocenters. The molecule has 1 aromatic carbocycles. The molecule has 116 valence electrons. The maximum Gasteiger partial charge on any atom is 0.251 e. The number of amides is 1. The molecule has 0 spiro atoms. The van der Waals surface area contributed by atoms with Gasteiger partial charge in [-0.2, -0.15) is 0 Å². The van der Waals surface area contributed by atoms with Gasteiger partial charge in [0.1, 0.15) is 0 Å². The molecule has 0 saturated carbocycles. The van der Waals surface area contributed by atoms with E-state index in [-0.39, 0.29) is 30.7 Å². The Balaban J connectivity index is 0. The molecule has 0 atom stereocenters. The Morgan fingerprint density at radius 1 is 1.30 bits per heavy atom. The predicted molar refractivity (Wildman–Crippen MR) is 88.9 cm³/mol. The van der Waals surface area contributed by atoms with Gasteiger partial charge < -0.3 is 16.0 Å². The van der Waals surface area contributed by atoms with Gasteiger partial charge in [0.15, 0.2) is 0 Å². The van der Waals surface area contributed by atoms with Crippen molar-refractivity contribution in [2.24, 2.45) is 5.73 Å². The molecule has 20 heavy (non-hydrogen) atoms. The summed E-state index contributed by atoms with van der Waals surface area (Å²) < 4.78 is 0. The zero-order chi connectivity index (χ0) is 13.8. The molecule has 0 saturated heterocycles. The normalized spacial score (nSPS) is 10.5. The molecule has 0 fully saturated rings. The summed E-state index contributed by atoms with van der Waals surface area (Å²) in [5.41, 5.74) is 7.25. The van der Waals surface area contributed by atoms with Crippen LogP contribution in [0.15, 0.2) is 24.3 Å². The highest BCUT2D eigenvalue weighted by atomic mass is 35.5. The van der Waals surface area contributed by atoms with Gasteiger partial charge in [-0.1, -0.05) is 12.1 Å². The fourth-order valence-corrected chi connectivity index (χ4v) is 1.59. The Labute approximate surface area is 133 Å². The number of nitrogens with one attached hydrogen (secondary N) is 1. The molecular formula is C14H25Cl2N3O. The first kappa shape index (κ1) is 21.5. The predicted octanol–water partition coefficient (Wildman–Crippen LogP) is 2.06. The number of nitrogens with zero attached hydrogens (tertiary/aromatic N) is 1. The molecule has 0 aliphatic carbocycles. The maximum absolute atomic E-state index is 11.9. The summed E-state index contributed by atoms with van der Waals surface area (Å²) in [6, 6.07) is 7.65. The van der Waals surface area contributed by atoms with Crippen LogP contribution in [0.4, 0.5) is 0 Å². The van der Waals surface area contributed by atoms with Crippen LogP contribution in [0, 0.1) is 0 Å². The first-order valence-electron chi connectivity index (χ1n) is 6.09. The number of benzene rings is 1. The van der Waals surface area contributed by atoms with E-state index < -0.39 is 5.54 Å². The number of carbonyl (C=O) groups excluding carboxylic acids is 1. The lowest BCUT2D eigenvalue weighted by Gasteiger charge is -2.19. The molecule has 0 aliphatic heterocycles. The largest absolute Gasteiger partial charge is 0.350 e. The van der Waals surface area contributed by atoms with E-state index in [0.29, 0.717) is 12.1 Å². The van der Waals surface area contributed by atoms with Crippen LogP contribution in [-0.2, 0) is 6.54 Å². The van der Waals surface area contributed by atoms with Gasteiger partial charge in [0, 0.05) is 24.2 Å². The van der Waals surface area contributed by atoms with Crippen LogP contribution in [0.25, 0.3) is 0 Å². The summed E-state index contributed by atoms with van der Waals surface area (Å²) >= 11 is 0. The van der Waals surface area contributed by atoms with Gasteiger partial charge in [0.2, 0.25) is 0 Å². The second-order valence-electron chi connectivity index (χ2n) is 5.61. The van der Waals surface area contributed by atoms with E-state index in [2.05, 4.69) is 10.2 Å². The zero-order valence-electron chi connectivity index (χ0n) is 12.5. The highest BCUT2D eigenvalue weighted by Gasteiger charge is 2.13. The number of rotatable bonds is 5. The molecule has 6 heteroatoms. The van der Waals surface area contributed by atoms with Crippen molar-refractivity contribution >= 4 is 30.7 Å². The minimum Gasteiger partial charge on any atom is -0.350 e. The van der Waals surface area contributed by atoms with Crippen molar-refractivity contribution in [3.63, 3.8) is 0 Å². The molecule has 4 nitrogen and oxygen atoms in total. The van der Waals surface area contributed by atoms with E-state index in [1.165, 1.54) is 0 Å². The number of nitrogens with two attached hydrogens (primary N) is 1. The van der Waals surface area contributed by atoms with Gasteiger partial charge in [0.05, 0.1) is 0 Å². The molecule has 3 N–H and O–H groups in total. The van der Waals surface area contributed by atoms with Crippen LogP contribution >= 0.6 is 24.8 Å². The Bertz CT molecular complexity index is 417. The number of hydrogen-bond donors (Lipinski definition) is 2. The van der Waals surface area contributed by atoms with E-state index in [1.807, 2.05) is 52.2 Å². The SMILES string of the molecule is CN(C)Cc1cccc(C(=O)NCC(C)(C)N)c1.Cl.Cl. The summed E-state index contributed by atoms with van der Waals surface area (Å²) in [6.45, 7) is 5.05. The van der Waals surface area contributed by atoms with E-state index >= 15 is 0 Å². The zero-order valence-corrected chi connectivity index (χ0v) is 14.1. The van der Waals surface area contributed by atoms with Gasteiger partial charge >= 0.3 is 0 Å². The lowest BCUT2D eigenvalue weighted by molar-refractivity contribution is 0.0946. The Kier molecular flexibility index (Phi) is 9.87. The number of halogens is 2. The molecule has 0 aromatic heterocycles. The summed E-state index contributed by atoms with van der Waals surface area (Å²) in [7, 11) is 4.01. The monoisotopic (exact) mass is 321 g/mol. The van der Waals surface area contributed by atoms with E-state index in [4.69, 9.17) is 5.73 Å². The topological polar surface area (TPSA) is 58.4 Å². The highest BCUT2D eigenvalue weighted by Crippen LogP contribution is 2.07. The van der Waals surface area contributed by atoms with Crippen LogP contribution in [0.1, 0.15) is 29.8 Å². The second-order valence-corrected chi connectivity index (χ2v) is 5.61. The van der Waals surface area contributed by atoms with Crippen molar-refractivity contribution in [1.29, 1.82) is 0 Å². The second kappa shape index (κ2) is 9.19. The lowest BCUT2D eigenvalue weighted by atomic mass is 10.1. The van der Waals surface area contributed by atoms with Gasteiger partial charge in [-0.3, -0.25) is 4.79 Å². The minimum atomic E-state index is -0.392. The molecule has 0 aliphatic rings. The van der Waals surface area contributed by atoms with Gasteiger partial charge in [-0.05, 0) is 45.6 Å². The average Bonchev–Trinajstić information content (AvgIpc) is 2.24. The van der Waals surface area contributed by atoms with Crippen LogP contribution in [-0.4, -0.2) is 37.0 Å². The van der Waals surface area contributed by atoms with E-state index in [9.17, 15) is 4.79 Å². The van der Waals surface area contributed by atoms with Crippen LogP contribution in [0.2, 0.25) is 0 Å².